The fourth-order valence-corrected chi connectivity index (χ4v) is 2.34. The number of hydrogen-bond donors (Lipinski definition) is 3. The van der Waals surface area contributed by atoms with Gasteiger partial charge in [0.2, 0.25) is 0 Å². The summed E-state index contributed by atoms with van der Waals surface area (Å²) in [4.78, 5) is 35.8. The molecule has 0 fully saturated rings. The molecule has 0 aliphatic heterocycles. The number of carbonyl (C=O) groups excluding carboxylic acids is 2. The minimum atomic E-state index is -0.329. The molecule has 2 aromatic rings. The maximum atomic E-state index is 12.6. The van der Waals surface area contributed by atoms with Gasteiger partial charge in [0.25, 0.3) is 17.4 Å². The Bertz CT molecular complexity index is 792. The van der Waals surface area contributed by atoms with Gasteiger partial charge in [-0.3, -0.25) is 19.1 Å². The fourth-order valence-electron chi connectivity index (χ4n) is 2.34. The molecular weight excluding hydrogens is 310 g/mol. The summed E-state index contributed by atoms with van der Waals surface area (Å²) >= 11 is 0. The highest BCUT2D eigenvalue weighted by atomic mass is 16.2. The van der Waals surface area contributed by atoms with E-state index < -0.39 is 0 Å². The van der Waals surface area contributed by atoms with Crippen molar-refractivity contribution in [3.8, 4) is 5.69 Å². The van der Waals surface area contributed by atoms with Crippen molar-refractivity contribution < 1.29 is 14.9 Å². The number of benzene rings is 1. The maximum Gasteiger partial charge on any atom is 0.295 e. The molecule has 128 valence electrons. The molecule has 0 atom stereocenters. The molecule has 24 heavy (non-hydrogen) atoms. The molecule has 8 heteroatoms. The van der Waals surface area contributed by atoms with Gasteiger partial charge in [-0.25, -0.2) is 4.68 Å². The summed E-state index contributed by atoms with van der Waals surface area (Å²) in [6.45, 7) is 1.99. The largest absolute Gasteiger partial charge is 0.354 e. The lowest BCUT2D eigenvalue weighted by Gasteiger charge is -2.07. The normalized spacial score (nSPS) is 10.5. The summed E-state index contributed by atoms with van der Waals surface area (Å²) < 4.78 is 3.20. The van der Waals surface area contributed by atoms with E-state index in [0.717, 1.165) is 5.69 Å². The third-order valence-electron chi connectivity index (χ3n) is 3.76. The number of para-hydroxylation sites is 1. The number of carbonyl (C=O) groups is 2. The lowest BCUT2D eigenvalue weighted by atomic mass is 10.3. The van der Waals surface area contributed by atoms with E-state index in [4.69, 9.17) is 0 Å². The zero-order valence-corrected chi connectivity index (χ0v) is 14.0. The van der Waals surface area contributed by atoms with Crippen LogP contribution in [0.1, 0.15) is 5.69 Å². The van der Waals surface area contributed by atoms with Crippen LogP contribution in [0.4, 0.5) is 5.69 Å². The number of nitrogens with one attached hydrogen (secondary N) is 2. The molecule has 0 unspecified atom stereocenters. The Morgan fingerprint density at radius 1 is 1.12 bits per heavy atom. The monoisotopic (exact) mass is 332 g/mol. The van der Waals surface area contributed by atoms with E-state index in [-0.39, 0.29) is 36.2 Å². The Balaban J connectivity index is 2.16. The van der Waals surface area contributed by atoms with Crippen molar-refractivity contribution >= 4 is 17.5 Å². The molecule has 0 saturated heterocycles. The van der Waals surface area contributed by atoms with E-state index in [9.17, 15) is 14.4 Å². The van der Waals surface area contributed by atoms with Crippen molar-refractivity contribution in [2.24, 2.45) is 7.05 Å². The Morgan fingerprint density at radius 3 is 2.38 bits per heavy atom. The number of anilines is 1. The molecule has 4 N–H and O–H groups in total. The Kier molecular flexibility index (Phi) is 5.54. The van der Waals surface area contributed by atoms with Crippen LogP contribution in [0, 0.1) is 6.92 Å². The van der Waals surface area contributed by atoms with Crippen LogP contribution < -0.4 is 21.5 Å². The van der Waals surface area contributed by atoms with Crippen molar-refractivity contribution in [3.63, 3.8) is 0 Å². The van der Waals surface area contributed by atoms with E-state index >= 15 is 0 Å². The molecular formula is C16H22N5O3+. The highest BCUT2D eigenvalue weighted by Crippen LogP contribution is 2.13. The zero-order chi connectivity index (χ0) is 17.7. The zero-order valence-electron chi connectivity index (χ0n) is 14.0. The summed E-state index contributed by atoms with van der Waals surface area (Å²) in [6.07, 6.45) is 0. The Labute approximate surface area is 139 Å². The fraction of sp³-hybridized carbons (Fsp3) is 0.312. The summed E-state index contributed by atoms with van der Waals surface area (Å²) in [6, 6.07) is 9.20. The highest BCUT2D eigenvalue weighted by molar-refractivity contribution is 5.92. The molecule has 2 rings (SSSR count). The van der Waals surface area contributed by atoms with E-state index in [1.807, 2.05) is 30.3 Å². The first-order valence-electron chi connectivity index (χ1n) is 7.61. The smallest absolute Gasteiger partial charge is 0.295 e. The van der Waals surface area contributed by atoms with Gasteiger partial charge in [0.05, 0.1) is 11.4 Å². The molecule has 0 aliphatic rings. The van der Waals surface area contributed by atoms with Gasteiger partial charge in [0.1, 0.15) is 5.69 Å². The number of rotatable bonds is 6. The number of aromatic nitrogens is 2. The van der Waals surface area contributed by atoms with Crippen molar-refractivity contribution in [3.05, 3.63) is 46.4 Å². The molecule has 1 aromatic heterocycles. The van der Waals surface area contributed by atoms with Crippen LogP contribution in [0.2, 0.25) is 0 Å². The maximum absolute atomic E-state index is 12.6. The van der Waals surface area contributed by atoms with Crippen LogP contribution in [0.5, 0.6) is 0 Å². The molecule has 8 nitrogen and oxygen atoms in total. The predicted octanol–water partition coefficient (Wildman–Crippen LogP) is -1.27. The van der Waals surface area contributed by atoms with Gasteiger partial charge in [-0.2, -0.15) is 0 Å². The van der Waals surface area contributed by atoms with Crippen LogP contribution in [-0.2, 0) is 16.6 Å². The van der Waals surface area contributed by atoms with Gasteiger partial charge in [0, 0.05) is 14.1 Å². The molecule has 0 radical (unpaired) electrons. The number of nitrogens with two attached hydrogens (primary N) is 1. The summed E-state index contributed by atoms with van der Waals surface area (Å²) in [5, 5.41) is 6.69. The van der Waals surface area contributed by atoms with E-state index in [2.05, 4.69) is 10.6 Å². The Hall–Kier alpha value is -2.87. The first kappa shape index (κ1) is 17.5. The van der Waals surface area contributed by atoms with Gasteiger partial charge in [-0.05, 0) is 19.1 Å². The second-order valence-electron chi connectivity index (χ2n) is 5.35. The van der Waals surface area contributed by atoms with Crippen molar-refractivity contribution in [2.45, 2.75) is 6.92 Å². The third kappa shape index (κ3) is 3.72. The summed E-state index contributed by atoms with van der Waals surface area (Å²) in [5.41, 5.74) is 1.34. The second-order valence-corrected chi connectivity index (χ2v) is 5.35. The van der Waals surface area contributed by atoms with Gasteiger partial charge in [-0.1, -0.05) is 18.2 Å². The van der Waals surface area contributed by atoms with E-state index in [0.29, 0.717) is 5.69 Å². The first-order chi connectivity index (χ1) is 11.5. The van der Waals surface area contributed by atoms with Gasteiger partial charge < -0.3 is 16.0 Å². The topological polar surface area (TPSA) is 102 Å². The molecule has 2 amide bonds. The summed E-state index contributed by atoms with van der Waals surface area (Å²) in [7, 11) is 3.30. The highest BCUT2D eigenvalue weighted by Gasteiger charge is 2.18. The number of likely N-dealkylation sites (N-methyl/N-ethyl adjacent to an activating group) is 1. The second kappa shape index (κ2) is 7.60. The minimum absolute atomic E-state index is 0.0620. The van der Waals surface area contributed by atoms with E-state index in [1.54, 1.807) is 24.0 Å². The van der Waals surface area contributed by atoms with Crippen molar-refractivity contribution in [2.75, 3.05) is 25.5 Å². The summed E-state index contributed by atoms with van der Waals surface area (Å²) in [5.74, 6) is -0.491. The molecule has 0 aliphatic carbocycles. The number of quaternary nitrogens is 1. The number of amides is 2. The minimum Gasteiger partial charge on any atom is -0.354 e. The van der Waals surface area contributed by atoms with Crippen molar-refractivity contribution in [1.82, 2.24) is 14.7 Å². The standard InChI is InChI=1S/C16H21N5O3/c1-11-15(19-14(23)10-18-9-13(22)17-2)16(24)21(20(11)3)12-7-5-4-6-8-12/h4-8,18H,9-10H2,1-3H3,(H,17,22)(H,19,23)/p+1. The van der Waals surface area contributed by atoms with Crippen LogP contribution in [0.15, 0.2) is 35.1 Å². The molecule has 1 aromatic carbocycles. The molecule has 0 spiro atoms. The first-order valence-corrected chi connectivity index (χ1v) is 7.61. The average molecular weight is 332 g/mol. The van der Waals surface area contributed by atoms with Gasteiger partial charge in [-0.15, -0.1) is 0 Å². The molecule has 1 heterocycles. The van der Waals surface area contributed by atoms with Crippen LogP contribution in [-0.4, -0.2) is 41.3 Å². The van der Waals surface area contributed by atoms with Crippen LogP contribution in [0.3, 0.4) is 0 Å². The van der Waals surface area contributed by atoms with Gasteiger partial charge >= 0.3 is 0 Å². The molecule has 0 bridgehead atoms. The lowest BCUT2D eigenvalue weighted by molar-refractivity contribution is -0.632. The quantitative estimate of drug-likeness (QED) is 0.615. The van der Waals surface area contributed by atoms with Crippen LogP contribution in [0.25, 0.3) is 5.69 Å². The number of hydrogen-bond acceptors (Lipinski definition) is 3. The van der Waals surface area contributed by atoms with Crippen LogP contribution >= 0.6 is 0 Å². The predicted molar refractivity (Wildman–Crippen MR) is 90.1 cm³/mol. The van der Waals surface area contributed by atoms with Crippen molar-refractivity contribution in [1.29, 1.82) is 0 Å². The van der Waals surface area contributed by atoms with Gasteiger partial charge in [0.15, 0.2) is 13.1 Å². The average Bonchev–Trinajstić information content (AvgIpc) is 2.79. The lowest BCUT2D eigenvalue weighted by Crippen LogP contribution is -2.88. The SMILES string of the molecule is CNC(=O)C[NH2+]CC(=O)Nc1c(C)n(C)n(-c2ccccc2)c1=O. The molecule has 0 saturated carbocycles. The Morgan fingerprint density at radius 2 is 1.75 bits per heavy atom. The number of nitrogens with zero attached hydrogens (tertiary/aromatic N) is 2. The third-order valence-corrected chi connectivity index (χ3v) is 3.76. The van der Waals surface area contributed by atoms with E-state index in [1.165, 1.54) is 11.7 Å².